The van der Waals surface area contributed by atoms with Crippen molar-refractivity contribution < 1.29 is 22.5 Å². The molecule has 2 fully saturated rings. The average Bonchev–Trinajstić information content (AvgIpc) is 3.20. The number of nitrogens with one attached hydrogen (secondary N) is 1. The number of likely N-dealkylation sites (tertiary alicyclic amines) is 1. The number of aromatic nitrogens is 3. The van der Waals surface area contributed by atoms with E-state index in [-0.39, 0.29) is 23.3 Å². The van der Waals surface area contributed by atoms with Gasteiger partial charge in [0, 0.05) is 49.2 Å². The number of aryl methyl sites for hydroxylation is 1. The second-order valence-electron chi connectivity index (χ2n) is 9.40. The zero-order valence-electron chi connectivity index (χ0n) is 18.8. The van der Waals surface area contributed by atoms with Gasteiger partial charge in [-0.15, -0.1) is 0 Å². The summed E-state index contributed by atoms with van der Waals surface area (Å²) in [6.45, 7) is 4.19. The molecule has 2 aromatic heterocycles. The number of amides is 1. The molecule has 34 heavy (non-hydrogen) atoms. The van der Waals surface area contributed by atoms with Crippen LogP contribution in [-0.2, 0) is 17.5 Å². The Morgan fingerprint density at radius 3 is 2.79 bits per heavy atom. The maximum absolute atomic E-state index is 12.9. The van der Waals surface area contributed by atoms with Crippen molar-refractivity contribution in [1.29, 1.82) is 0 Å². The summed E-state index contributed by atoms with van der Waals surface area (Å²) in [6.07, 6.45) is 4.60. The minimum absolute atomic E-state index is 0.105. The van der Waals surface area contributed by atoms with Gasteiger partial charge < -0.3 is 19.3 Å². The first-order valence-corrected chi connectivity index (χ1v) is 11.8. The molecule has 1 N–H and O–H groups in total. The van der Waals surface area contributed by atoms with Crippen LogP contribution in [0.15, 0.2) is 41.4 Å². The minimum Gasteiger partial charge on any atom is -0.356 e. The lowest BCUT2D eigenvalue weighted by molar-refractivity contribution is -0.137. The Kier molecular flexibility index (Phi) is 6.33. The molecule has 10 heteroatoms. The Hall–Kier alpha value is -2.88. The molecule has 1 saturated heterocycles. The summed E-state index contributed by atoms with van der Waals surface area (Å²) in [6, 6.07) is 3.59. The molecule has 1 amide bonds. The summed E-state index contributed by atoms with van der Waals surface area (Å²) in [5.41, 5.74) is 0.214. The second kappa shape index (κ2) is 9.40. The molecule has 0 spiro atoms. The van der Waals surface area contributed by atoms with E-state index in [1.54, 1.807) is 12.5 Å². The van der Waals surface area contributed by atoms with Gasteiger partial charge in [-0.1, -0.05) is 5.16 Å². The summed E-state index contributed by atoms with van der Waals surface area (Å²) in [7, 11) is 0. The highest BCUT2D eigenvalue weighted by Gasteiger charge is 2.43. The van der Waals surface area contributed by atoms with Crippen LogP contribution < -0.4 is 5.32 Å². The Bertz CT molecular complexity index is 1120. The molecule has 1 saturated carbocycles. The van der Waals surface area contributed by atoms with Gasteiger partial charge in [-0.05, 0) is 62.9 Å². The predicted molar refractivity (Wildman–Crippen MR) is 119 cm³/mol. The summed E-state index contributed by atoms with van der Waals surface area (Å²) in [4.78, 5) is 18.8. The summed E-state index contributed by atoms with van der Waals surface area (Å²) in [5.74, 6) is 0.827. The van der Waals surface area contributed by atoms with Crippen molar-refractivity contribution in [2.45, 2.75) is 44.3 Å². The number of benzene rings is 1. The van der Waals surface area contributed by atoms with Crippen molar-refractivity contribution in [2.75, 3.05) is 26.2 Å². The molecular formula is C24H28F3N5O2. The van der Waals surface area contributed by atoms with Crippen molar-refractivity contribution in [3.63, 3.8) is 0 Å². The number of nitrogens with zero attached hydrogens (tertiary/aromatic N) is 4. The SMILES string of the molecule is O=C(NCCCn1ccnc1)[C@@H]1C[C@H]1CN1CCC(c2noc3cc(C(F)(F)F)ccc23)CC1. The van der Waals surface area contributed by atoms with Crippen molar-refractivity contribution in [1.82, 2.24) is 24.9 Å². The van der Waals surface area contributed by atoms with Crippen LogP contribution in [0.25, 0.3) is 11.0 Å². The molecule has 2 aliphatic rings. The van der Waals surface area contributed by atoms with E-state index in [0.717, 1.165) is 69.7 Å². The van der Waals surface area contributed by atoms with Crippen molar-refractivity contribution in [3.05, 3.63) is 48.2 Å². The first-order valence-electron chi connectivity index (χ1n) is 11.8. The maximum atomic E-state index is 12.9. The van der Waals surface area contributed by atoms with E-state index in [2.05, 4.69) is 20.4 Å². The Labute approximate surface area is 195 Å². The Morgan fingerprint density at radius 2 is 2.06 bits per heavy atom. The molecule has 1 aromatic carbocycles. The predicted octanol–water partition coefficient (Wildman–Crippen LogP) is 4.07. The molecule has 1 aliphatic heterocycles. The van der Waals surface area contributed by atoms with Gasteiger partial charge in [0.25, 0.3) is 0 Å². The van der Waals surface area contributed by atoms with E-state index in [4.69, 9.17) is 4.52 Å². The van der Waals surface area contributed by atoms with E-state index in [1.807, 2.05) is 10.8 Å². The second-order valence-corrected chi connectivity index (χ2v) is 9.40. The molecule has 0 bridgehead atoms. The molecule has 2 atom stereocenters. The molecule has 3 aromatic rings. The topological polar surface area (TPSA) is 76.2 Å². The molecule has 5 rings (SSSR count). The zero-order valence-corrected chi connectivity index (χ0v) is 18.8. The first kappa shape index (κ1) is 22.9. The van der Waals surface area contributed by atoms with Gasteiger partial charge in [0.1, 0.15) is 0 Å². The highest BCUT2D eigenvalue weighted by atomic mass is 19.4. The van der Waals surface area contributed by atoms with Crippen molar-refractivity contribution in [3.8, 4) is 0 Å². The average molecular weight is 476 g/mol. The lowest BCUT2D eigenvalue weighted by Crippen LogP contribution is -2.35. The van der Waals surface area contributed by atoms with E-state index >= 15 is 0 Å². The lowest BCUT2D eigenvalue weighted by Gasteiger charge is -2.31. The van der Waals surface area contributed by atoms with Crippen LogP contribution in [0.2, 0.25) is 0 Å². The summed E-state index contributed by atoms with van der Waals surface area (Å²) >= 11 is 0. The molecule has 182 valence electrons. The van der Waals surface area contributed by atoms with Gasteiger partial charge in [-0.3, -0.25) is 4.79 Å². The number of halogens is 3. The fourth-order valence-corrected chi connectivity index (χ4v) is 4.94. The number of fused-ring (bicyclic) bond motifs is 1. The van der Waals surface area contributed by atoms with Gasteiger partial charge >= 0.3 is 6.18 Å². The number of hydrogen-bond acceptors (Lipinski definition) is 5. The molecule has 0 unspecified atom stereocenters. The third-order valence-corrected chi connectivity index (χ3v) is 7.01. The highest BCUT2D eigenvalue weighted by Crippen LogP contribution is 2.41. The number of hydrogen-bond donors (Lipinski definition) is 1. The van der Waals surface area contributed by atoms with Crippen LogP contribution >= 0.6 is 0 Å². The van der Waals surface area contributed by atoms with E-state index < -0.39 is 11.7 Å². The number of piperidine rings is 1. The molecule has 1 aliphatic carbocycles. The number of rotatable bonds is 8. The molecular weight excluding hydrogens is 447 g/mol. The van der Waals surface area contributed by atoms with Gasteiger partial charge in [0.2, 0.25) is 5.91 Å². The smallest absolute Gasteiger partial charge is 0.356 e. The van der Waals surface area contributed by atoms with Crippen molar-refractivity contribution in [2.24, 2.45) is 11.8 Å². The number of imidazole rings is 1. The first-order chi connectivity index (χ1) is 16.4. The molecule has 7 nitrogen and oxygen atoms in total. The fourth-order valence-electron chi connectivity index (χ4n) is 4.94. The number of alkyl halides is 3. The molecule has 0 radical (unpaired) electrons. The maximum Gasteiger partial charge on any atom is 0.416 e. The van der Waals surface area contributed by atoms with Crippen LogP contribution in [0.1, 0.15) is 42.9 Å². The van der Waals surface area contributed by atoms with Crippen LogP contribution in [0.5, 0.6) is 0 Å². The largest absolute Gasteiger partial charge is 0.416 e. The van der Waals surface area contributed by atoms with E-state index in [9.17, 15) is 18.0 Å². The normalized spacial score (nSPS) is 21.7. The van der Waals surface area contributed by atoms with Gasteiger partial charge in [0.05, 0.1) is 17.6 Å². The highest BCUT2D eigenvalue weighted by molar-refractivity contribution is 5.81. The van der Waals surface area contributed by atoms with Crippen LogP contribution in [0, 0.1) is 11.8 Å². The van der Waals surface area contributed by atoms with Crippen LogP contribution in [-0.4, -0.2) is 51.7 Å². The van der Waals surface area contributed by atoms with Crippen molar-refractivity contribution >= 4 is 16.9 Å². The summed E-state index contributed by atoms with van der Waals surface area (Å²) < 4.78 is 46.1. The third-order valence-electron chi connectivity index (χ3n) is 7.01. The number of carbonyl (C=O) groups excluding carboxylic acids is 1. The van der Waals surface area contributed by atoms with Gasteiger partial charge in [0.15, 0.2) is 5.58 Å². The Balaban J connectivity index is 1.06. The fraction of sp³-hybridized carbons (Fsp3) is 0.542. The van der Waals surface area contributed by atoms with Crippen LogP contribution in [0.3, 0.4) is 0 Å². The summed E-state index contributed by atoms with van der Waals surface area (Å²) in [5, 5.41) is 7.82. The van der Waals surface area contributed by atoms with Gasteiger partial charge in [-0.2, -0.15) is 13.2 Å². The third kappa shape index (κ3) is 5.11. The van der Waals surface area contributed by atoms with Gasteiger partial charge in [-0.25, -0.2) is 4.98 Å². The Morgan fingerprint density at radius 1 is 1.24 bits per heavy atom. The zero-order chi connectivity index (χ0) is 23.7. The number of carbonyl (C=O) groups is 1. The monoisotopic (exact) mass is 475 g/mol. The van der Waals surface area contributed by atoms with Crippen LogP contribution in [0.4, 0.5) is 13.2 Å². The molecule has 3 heterocycles. The van der Waals surface area contributed by atoms with E-state index in [0.29, 0.717) is 17.8 Å². The van der Waals surface area contributed by atoms with E-state index in [1.165, 1.54) is 6.07 Å². The minimum atomic E-state index is -4.40. The quantitative estimate of drug-likeness (QED) is 0.497. The lowest BCUT2D eigenvalue weighted by atomic mass is 9.91. The standard InChI is InChI=1S/C24H28F3N5O2/c25-24(26,27)18-2-3-19-21(13-18)34-30-22(19)16-4-9-31(10-5-16)14-17-12-20(17)23(33)29-6-1-8-32-11-7-28-15-32/h2-3,7,11,13,15-17,20H,1,4-6,8-10,12,14H2,(H,29,33)/t17-,20+/m0/s1.